The molecule has 5 nitrogen and oxygen atoms in total. The van der Waals surface area contributed by atoms with E-state index >= 15 is 0 Å². The molecule has 0 fully saturated rings. The van der Waals surface area contributed by atoms with E-state index in [1.54, 1.807) is 6.33 Å². The highest BCUT2D eigenvalue weighted by atomic mass is 16.4. The highest BCUT2D eigenvalue weighted by Crippen LogP contribution is 2.12. The predicted molar refractivity (Wildman–Crippen MR) is 108 cm³/mol. The van der Waals surface area contributed by atoms with Gasteiger partial charge in [-0.2, -0.15) is 5.26 Å². The van der Waals surface area contributed by atoms with Crippen molar-refractivity contribution in [3.05, 3.63) is 29.9 Å². The smallest absolute Gasteiger partial charge is 0.303 e. The maximum absolute atomic E-state index is 10.4. The Kier molecular flexibility index (Phi) is 13.7. The van der Waals surface area contributed by atoms with Gasteiger partial charge in [0.1, 0.15) is 6.07 Å². The van der Waals surface area contributed by atoms with Crippen molar-refractivity contribution < 1.29 is 9.90 Å². The maximum atomic E-state index is 10.4. The molecule has 0 aromatic carbocycles. The second kappa shape index (κ2) is 16.1. The summed E-state index contributed by atoms with van der Waals surface area (Å²) >= 11 is 0. The molecule has 0 aliphatic carbocycles. The number of carbonyl (C=O) groups is 1. The lowest BCUT2D eigenvalue weighted by molar-refractivity contribution is -0.137. The van der Waals surface area contributed by atoms with Crippen molar-refractivity contribution in [2.45, 2.75) is 96.3 Å². The molecule has 27 heavy (non-hydrogen) atoms. The van der Waals surface area contributed by atoms with Gasteiger partial charge < -0.3 is 10.1 Å². The number of nitrogens with zero attached hydrogens (tertiary/aromatic N) is 2. The van der Waals surface area contributed by atoms with Crippen LogP contribution in [-0.4, -0.2) is 21.0 Å². The summed E-state index contributed by atoms with van der Waals surface area (Å²) in [4.78, 5) is 17.4. The summed E-state index contributed by atoms with van der Waals surface area (Å²) in [6, 6.07) is 2.12. The van der Waals surface area contributed by atoms with Gasteiger partial charge in [-0.15, -0.1) is 0 Å². The number of aliphatic carboxylic acids is 1. The molecule has 0 aliphatic heterocycles. The van der Waals surface area contributed by atoms with E-state index in [0.29, 0.717) is 12.1 Å². The Labute approximate surface area is 163 Å². The molecule has 1 aromatic heterocycles. The fraction of sp³-hybridized carbons (Fsp3) is 0.682. The number of aromatic nitrogens is 2. The van der Waals surface area contributed by atoms with Crippen molar-refractivity contribution in [1.82, 2.24) is 9.97 Å². The topological polar surface area (TPSA) is 89.8 Å². The van der Waals surface area contributed by atoms with Crippen molar-refractivity contribution in [3.8, 4) is 6.07 Å². The first kappa shape index (κ1) is 23.0. The van der Waals surface area contributed by atoms with E-state index in [1.807, 2.05) is 0 Å². The van der Waals surface area contributed by atoms with Crippen LogP contribution in [0.2, 0.25) is 0 Å². The molecule has 0 spiro atoms. The number of carboxylic acid groups (broad SMARTS) is 1. The van der Waals surface area contributed by atoms with Crippen LogP contribution in [-0.2, 0) is 11.2 Å². The molecule has 2 N–H and O–H groups in total. The van der Waals surface area contributed by atoms with Crippen LogP contribution in [0.1, 0.15) is 101 Å². The molecule has 0 radical (unpaired) electrons. The zero-order valence-corrected chi connectivity index (χ0v) is 16.6. The number of unbranched alkanes of at least 4 members (excludes halogenated alkanes) is 11. The minimum atomic E-state index is -0.679. The fourth-order valence-corrected chi connectivity index (χ4v) is 3.18. The average Bonchev–Trinajstić information content (AvgIpc) is 3.11. The molecule has 0 aliphatic rings. The Bertz CT molecular complexity index is 572. The van der Waals surface area contributed by atoms with Crippen LogP contribution >= 0.6 is 0 Å². The van der Waals surface area contributed by atoms with Crippen molar-refractivity contribution >= 4 is 5.97 Å². The number of aryl methyl sites for hydroxylation is 1. The van der Waals surface area contributed by atoms with Crippen LogP contribution in [0.4, 0.5) is 0 Å². The van der Waals surface area contributed by atoms with Crippen molar-refractivity contribution in [2.24, 2.45) is 0 Å². The molecule has 150 valence electrons. The van der Waals surface area contributed by atoms with E-state index in [0.717, 1.165) is 44.2 Å². The van der Waals surface area contributed by atoms with Crippen LogP contribution in [0, 0.1) is 11.3 Å². The third kappa shape index (κ3) is 12.8. The lowest BCUT2D eigenvalue weighted by Crippen LogP contribution is -1.93. The molecular formula is C22H35N3O2. The van der Waals surface area contributed by atoms with Crippen LogP contribution in [0.15, 0.2) is 18.5 Å². The van der Waals surface area contributed by atoms with Crippen LogP contribution in [0.5, 0.6) is 0 Å². The predicted octanol–water partition coefficient (Wildman–Crippen LogP) is 5.93. The van der Waals surface area contributed by atoms with E-state index in [1.165, 1.54) is 51.4 Å². The molecule has 5 heteroatoms. The monoisotopic (exact) mass is 373 g/mol. The average molecular weight is 374 g/mol. The standard InChI is InChI=1S/C22H35N3O2/c23-18-21-20(24-19-25-21)16-14-12-10-8-6-4-2-1-3-5-7-9-11-13-15-17-22(26)27/h1,3,19H,2,4-17H2,(H,24,25)(H,26,27)/b3-1-. The van der Waals surface area contributed by atoms with Crippen molar-refractivity contribution in [2.75, 3.05) is 0 Å². The highest BCUT2D eigenvalue weighted by Gasteiger charge is 2.03. The molecular weight excluding hydrogens is 338 g/mol. The number of imidazole rings is 1. The lowest BCUT2D eigenvalue weighted by Gasteiger charge is -2.01. The Morgan fingerprint density at radius 1 is 0.963 bits per heavy atom. The number of H-pyrrole nitrogens is 1. The molecule has 0 unspecified atom stereocenters. The minimum absolute atomic E-state index is 0.312. The molecule has 0 amide bonds. The van der Waals surface area contributed by atoms with Gasteiger partial charge in [-0.05, 0) is 44.9 Å². The van der Waals surface area contributed by atoms with Crippen LogP contribution < -0.4 is 0 Å². The van der Waals surface area contributed by atoms with E-state index in [9.17, 15) is 4.79 Å². The van der Waals surface area contributed by atoms with Crippen molar-refractivity contribution in [3.63, 3.8) is 0 Å². The summed E-state index contributed by atoms with van der Waals surface area (Å²) in [7, 11) is 0. The van der Waals surface area contributed by atoms with E-state index < -0.39 is 5.97 Å². The number of allylic oxidation sites excluding steroid dienone is 2. The Morgan fingerprint density at radius 3 is 2.11 bits per heavy atom. The summed E-state index contributed by atoms with van der Waals surface area (Å²) in [6.45, 7) is 0. The number of aromatic amines is 1. The minimum Gasteiger partial charge on any atom is -0.481 e. The summed E-state index contributed by atoms with van der Waals surface area (Å²) in [5.74, 6) is -0.679. The first-order chi connectivity index (χ1) is 13.2. The number of hydrogen-bond donors (Lipinski definition) is 2. The zero-order chi connectivity index (χ0) is 19.6. The number of carboxylic acids is 1. The summed E-state index contributed by atoms with van der Waals surface area (Å²) in [5, 5.41) is 17.5. The van der Waals surface area contributed by atoms with Crippen molar-refractivity contribution in [1.29, 1.82) is 5.26 Å². The van der Waals surface area contributed by atoms with Crippen LogP contribution in [0.3, 0.4) is 0 Å². The number of rotatable bonds is 17. The molecule has 0 atom stereocenters. The van der Waals surface area contributed by atoms with E-state index in [4.69, 9.17) is 10.4 Å². The second-order valence-electron chi connectivity index (χ2n) is 7.17. The first-order valence-electron chi connectivity index (χ1n) is 10.5. The van der Waals surface area contributed by atoms with Gasteiger partial charge in [0.2, 0.25) is 0 Å². The third-order valence-corrected chi connectivity index (χ3v) is 4.80. The lowest BCUT2D eigenvalue weighted by atomic mass is 10.1. The molecule has 0 saturated heterocycles. The highest BCUT2D eigenvalue weighted by molar-refractivity contribution is 5.66. The number of nitriles is 1. The molecule has 1 heterocycles. The van der Waals surface area contributed by atoms with Gasteiger partial charge in [0, 0.05) is 6.42 Å². The molecule has 0 bridgehead atoms. The molecule has 1 aromatic rings. The van der Waals surface area contributed by atoms with E-state index in [-0.39, 0.29) is 0 Å². The third-order valence-electron chi connectivity index (χ3n) is 4.80. The van der Waals surface area contributed by atoms with Gasteiger partial charge >= 0.3 is 5.97 Å². The largest absolute Gasteiger partial charge is 0.481 e. The van der Waals surface area contributed by atoms with Crippen LogP contribution in [0.25, 0.3) is 0 Å². The number of nitrogens with one attached hydrogen (secondary N) is 1. The molecule has 0 saturated carbocycles. The van der Waals surface area contributed by atoms with Gasteiger partial charge in [0.25, 0.3) is 0 Å². The normalized spacial score (nSPS) is 11.1. The van der Waals surface area contributed by atoms with Gasteiger partial charge in [0.05, 0.1) is 12.0 Å². The maximum Gasteiger partial charge on any atom is 0.303 e. The van der Waals surface area contributed by atoms with Gasteiger partial charge in [-0.3, -0.25) is 4.79 Å². The second-order valence-corrected chi connectivity index (χ2v) is 7.17. The number of hydrogen-bond acceptors (Lipinski definition) is 3. The zero-order valence-electron chi connectivity index (χ0n) is 16.6. The summed E-state index contributed by atoms with van der Waals surface area (Å²) in [5.41, 5.74) is 1.52. The van der Waals surface area contributed by atoms with Gasteiger partial charge in [-0.1, -0.05) is 57.1 Å². The Morgan fingerprint density at radius 2 is 1.52 bits per heavy atom. The van der Waals surface area contributed by atoms with E-state index in [2.05, 4.69) is 28.2 Å². The first-order valence-corrected chi connectivity index (χ1v) is 10.5. The Balaban J connectivity index is 1.80. The van der Waals surface area contributed by atoms with Gasteiger partial charge in [-0.25, -0.2) is 4.98 Å². The quantitative estimate of drug-likeness (QED) is 0.262. The summed E-state index contributed by atoms with van der Waals surface area (Å²) < 4.78 is 0. The fourth-order valence-electron chi connectivity index (χ4n) is 3.18. The SMILES string of the molecule is N#Cc1nc[nH]c1CCCCCCCC/C=C\CCCCCCCC(=O)O. The Hall–Kier alpha value is -2.09. The van der Waals surface area contributed by atoms with Gasteiger partial charge in [0.15, 0.2) is 5.69 Å². The summed E-state index contributed by atoms with van der Waals surface area (Å²) in [6.07, 6.45) is 22.7. The molecule has 1 rings (SSSR count).